The highest BCUT2D eigenvalue weighted by atomic mass is 16.3. The van der Waals surface area contributed by atoms with Gasteiger partial charge >= 0.3 is 0 Å². The van der Waals surface area contributed by atoms with Gasteiger partial charge in [0.05, 0.1) is 0 Å². The Balaban J connectivity index is 1.24. The average molecular weight is 664 g/mol. The number of furan rings is 1. The minimum Gasteiger partial charge on any atom is -0.456 e. The Morgan fingerprint density at radius 2 is 0.904 bits per heavy atom. The molecule has 0 aliphatic rings. The Kier molecular flexibility index (Phi) is 7.18. The van der Waals surface area contributed by atoms with E-state index in [1.807, 2.05) is 6.07 Å². The molecule has 1 aromatic heterocycles. The topological polar surface area (TPSA) is 16.4 Å². The van der Waals surface area contributed by atoms with Crippen molar-refractivity contribution < 1.29 is 4.42 Å². The summed E-state index contributed by atoms with van der Waals surface area (Å²) in [7, 11) is 0. The summed E-state index contributed by atoms with van der Waals surface area (Å²) in [4.78, 5) is 2.39. The molecule has 244 valence electrons. The molecule has 1 heterocycles. The summed E-state index contributed by atoms with van der Waals surface area (Å²) in [6.45, 7) is 0. The van der Waals surface area contributed by atoms with Gasteiger partial charge in [0.1, 0.15) is 11.2 Å². The third-order valence-corrected chi connectivity index (χ3v) is 10.2. The molecule has 0 saturated carbocycles. The molecule has 0 bridgehead atoms. The van der Waals surface area contributed by atoms with Crippen LogP contribution in [0, 0.1) is 0 Å². The monoisotopic (exact) mass is 663 g/mol. The van der Waals surface area contributed by atoms with Gasteiger partial charge in [0.25, 0.3) is 0 Å². The molecular weight excluding hydrogens is 631 g/mol. The van der Waals surface area contributed by atoms with E-state index >= 15 is 0 Å². The molecule has 0 aliphatic carbocycles. The Labute approximate surface area is 302 Å². The van der Waals surface area contributed by atoms with Gasteiger partial charge in [0, 0.05) is 27.8 Å². The van der Waals surface area contributed by atoms with Crippen LogP contribution in [0.2, 0.25) is 0 Å². The number of fused-ring (bicyclic) bond motifs is 6. The second-order valence-electron chi connectivity index (χ2n) is 13.4. The molecule has 0 atom stereocenters. The van der Waals surface area contributed by atoms with Crippen molar-refractivity contribution in [2.45, 2.75) is 0 Å². The molecule has 0 saturated heterocycles. The van der Waals surface area contributed by atoms with E-state index in [1.54, 1.807) is 0 Å². The van der Waals surface area contributed by atoms with Gasteiger partial charge in [-0.25, -0.2) is 0 Å². The van der Waals surface area contributed by atoms with E-state index in [4.69, 9.17) is 4.42 Å². The van der Waals surface area contributed by atoms with Gasteiger partial charge in [-0.05, 0) is 110 Å². The normalized spacial score (nSPS) is 11.5. The van der Waals surface area contributed by atoms with Gasteiger partial charge in [0.15, 0.2) is 0 Å². The van der Waals surface area contributed by atoms with Crippen molar-refractivity contribution in [2.75, 3.05) is 4.90 Å². The second-order valence-corrected chi connectivity index (χ2v) is 13.4. The number of para-hydroxylation sites is 1. The molecule has 0 radical (unpaired) electrons. The highest BCUT2D eigenvalue weighted by Gasteiger charge is 2.19. The Hall–Kier alpha value is -6.90. The van der Waals surface area contributed by atoms with Crippen molar-refractivity contribution in [3.8, 4) is 33.4 Å². The van der Waals surface area contributed by atoms with Crippen molar-refractivity contribution in [3.05, 3.63) is 200 Å². The van der Waals surface area contributed by atoms with Crippen LogP contribution < -0.4 is 4.90 Å². The molecule has 10 rings (SSSR count). The molecule has 0 N–H and O–H groups in total. The lowest BCUT2D eigenvalue weighted by molar-refractivity contribution is 0.669. The van der Waals surface area contributed by atoms with E-state index in [0.717, 1.165) is 50.1 Å². The summed E-state index contributed by atoms with van der Waals surface area (Å²) >= 11 is 0. The summed E-state index contributed by atoms with van der Waals surface area (Å²) in [5.41, 5.74) is 12.1. The Morgan fingerprint density at radius 1 is 0.308 bits per heavy atom. The van der Waals surface area contributed by atoms with Crippen LogP contribution in [-0.4, -0.2) is 0 Å². The van der Waals surface area contributed by atoms with Crippen LogP contribution in [0.1, 0.15) is 0 Å². The second kappa shape index (κ2) is 12.5. The van der Waals surface area contributed by atoms with Gasteiger partial charge in [-0.3, -0.25) is 0 Å². The van der Waals surface area contributed by atoms with Gasteiger partial charge in [0.2, 0.25) is 0 Å². The minimum atomic E-state index is 0.896. The molecule has 0 aliphatic heterocycles. The predicted molar refractivity (Wildman–Crippen MR) is 220 cm³/mol. The summed E-state index contributed by atoms with van der Waals surface area (Å²) in [6, 6.07) is 71.8. The molecule has 0 fully saturated rings. The summed E-state index contributed by atoms with van der Waals surface area (Å²) in [6.07, 6.45) is 0. The first kappa shape index (κ1) is 30.0. The van der Waals surface area contributed by atoms with Crippen molar-refractivity contribution >= 4 is 60.5 Å². The SMILES string of the molecule is c1ccc(-c2cccc(N(c3cccc(-c4ccccc4)c3)c3ccc4c(c3)c(-c3ccc5ccccc5c3)cc3oc5ccccc5c34)c2)cc1. The number of benzene rings is 9. The summed E-state index contributed by atoms with van der Waals surface area (Å²) in [5, 5.41) is 7.06. The zero-order valence-electron chi connectivity index (χ0n) is 28.4. The maximum Gasteiger partial charge on any atom is 0.136 e. The molecule has 0 spiro atoms. The Bertz CT molecular complexity index is 2820. The maximum absolute atomic E-state index is 6.53. The maximum atomic E-state index is 6.53. The number of hydrogen-bond acceptors (Lipinski definition) is 2. The highest BCUT2D eigenvalue weighted by molar-refractivity contribution is 6.22. The smallest absolute Gasteiger partial charge is 0.136 e. The van der Waals surface area contributed by atoms with Gasteiger partial charge in [-0.1, -0.05) is 146 Å². The van der Waals surface area contributed by atoms with Crippen LogP contribution >= 0.6 is 0 Å². The van der Waals surface area contributed by atoms with E-state index in [-0.39, 0.29) is 0 Å². The highest BCUT2D eigenvalue weighted by Crippen LogP contribution is 2.45. The summed E-state index contributed by atoms with van der Waals surface area (Å²) < 4.78 is 6.53. The van der Waals surface area contributed by atoms with Gasteiger partial charge < -0.3 is 9.32 Å². The molecule has 9 aromatic carbocycles. The molecule has 0 amide bonds. The van der Waals surface area contributed by atoms with Crippen LogP contribution in [0.3, 0.4) is 0 Å². The Morgan fingerprint density at radius 3 is 1.62 bits per heavy atom. The van der Waals surface area contributed by atoms with Gasteiger partial charge in [-0.15, -0.1) is 0 Å². The van der Waals surface area contributed by atoms with Crippen LogP contribution in [0.15, 0.2) is 205 Å². The number of hydrogen-bond donors (Lipinski definition) is 0. The standard InChI is InChI=1S/C50H33NO/c1-3-13-34(14-4-1)38-19-11-21-41(30-38)51(42-22-12-20-39(31-42)35-15-5-2-6-16-35)43-27-28-44-47(32-43)46(40-26-25-36-17-7-8-18-37(36)29-40)33-49-50(44)45-23-9-10-24-48(45)52-49/h1-33H. The average Bonchev–Trinajstić information content (AvgIpc) is 3.60. The van der Waals surface area contributed by atoms with Crippen LogP contribution in [0.25, 0.3) is 76.9 Å². The van der Waals surface area contributed by atoms with Crippen LogP contribution in [0.5, 0.6) is 0 Å². The fraction of sp³-hybridized carbons (Fsp3) is 0. The van der Waals surface area contributed by atoms with Crippen molar-refractivity contribution in [1.82, 2.24) is 0 Å². The zero-order chi connectivity index (χ0) is 34.4. The quantitative estimate of drug-likeness (QED) is 0.176. The summed E-state index contributed by atoms with van der Waals surface area (Å²) in [5.74, 6) is 0. The lowest BCUT2D eigenvalue weighted by atomic mass is 9.93. The molecule has 52 heavy (non-hydrogen) atoms. The lowest BCUT2D eigenvalue weighted by Crippen LogP contribution is -2.10. The fourth-order valence-corrected chi connectivity index (χ4v) is 7.72. The first-order valence-electron chi connectivity index (χ1n) is 17.8. The molecule has 10 aromatic rings. The zero-order valence-corrected chi connectivity index (χ0v) is 28.4. The van der Waals surface area contributed by atoms with Crippen molar-refractivity contribution in [3.63, 3.8) is 0 Å². The number of rotatable bonds is 6. The molecular formula is C50H33NO. The van der Waals surface area contributed by atoms with E-state index < -0.39 is 0 Å². The lowest BCUT2D eigenvalue weighted by Gasteiger charge is -2.27. The predicted octanol–water partition coefficient (Wildman–Crippen LogP) is 14.4. The number of anilines is 3. The van der Waals surface area contributed by atoms with E-state index in [2.05, 4.69) is 199 Å². The van der Waals surface area contributed by atoms with Crippen LogP contribution in [-0.2, 0) is 0 Å². The minimum absolute atomic E-state index is 0.896. The molecule has 2 nitrogen and oxygen atoms in total. The van der Waals surface area contributed by atoms with E-state index in [1.165, 1.54) is 43.8 Å². The third kappa shape index (κ3) is 5.21. The van der Waals surface area contributed by atoms with Crippen LogP contribution in [0.4, 0.5) is 17.1 Å². The molecule has 0 unspecified atom stereocenters. The fourth-order valence-electron chi connectivity index (χ4n) is 7.72. The van der Waals surface area contributed by atoms with E-state index in [0.29, 0.717) is 0 Å². The molecule has 2 heteroatoms. The third-order valence-electron chi connectivity index (χ3n) is 10.2. The first-order valence-corrected chi connectivity index (χ1v) is 17.8. The van der Waals surface area contributed by atoms with Crippen molar-refractivity contribution in [1.29, 1.82) is 0 Å². The first-order chi connectivity index (χ1) is 25.8. The van der Waals surface area contributed by atoms with Crippen molar-refractivity contribution in [2.24, 2.45) is 0 Å². The van der Waals surface area contributed by atoms with Gasteiger partial charge in [-0.2, -0.15) is 0 Å². The number of nitrogens with zero attached hydrogens (tertiary/aromatic N) is 1. The van der Waals surface area contributed by atoms with E-state index in [9.17, 15) is 0 Å². The largest absolute Gasteiger partial charge is 0.456 e.